The highest BCUT2D eigenvalue weighted by atomic mass is 16.2. The molecule has 86 valence electrons. The summed E-state index contributed by atoms with van der Waals surface area (Å²) in [5.74, 6) is -0.238. The molecule has 0 aromatic carbocycles. The van der Waals surface area contributed by atoms with E-state index in [9.17, 15) is 14.4 Å². The second kappa shape index (κ2) is 4.17. The van der Waals surface area contributed by atoms with Gasteiger partial charge in [-0.25, -0.2) is 4.79 Å². The Kier molecular flexibility index (Phi) is 2.87. The average Bonchev–Trinajstić information content (AvgIpc) is 2.80. The van der Waals surface area contributed by atoms with Crippen molar-refractivity contribution in [2.45, 2.75) is 19.3 Å². The molecular weight excluding hydrogens is 208 g/mol. The Hall–Kier alpha value is -1.49. The molecule has 2 aliphatic rings. The molecule has 0 bridgehead atoms. The maximum absolute atomic E-state index is 11.3. The van der Waals surface area contributed by atoms with E-state index in [2.05, 4.69) is 5.73 Å². The van der Waals surface area contributed by atoms with Crippen LogP contribution in [0, 0.1) is 11.8 Å². The largest absolute Gasteiger partial charge is 0.311 e. The van der Waals surface area contributed by atoms with Crippen LogP contribution >= 0.6 is 0 Å². The van der Waals surface area contributed by atoms with Gasteiger partial charge in [0.05, 0.1) is 5.92 Å². The van der Waals surface area contributed by atoms with Gasteiger partial charge in [0.1, 0.15) is 0 Å². The van der Waals surface area contributed by atoms with Crippen LogP contribution in [0.1, 0.15) is 19.3 Å². The van der Waals surface area contributed by atoms with E-state index in [1.54, 1.807) is 0 Å². The highest BCUT2D eigenvalue weighted by molar-refractivity contribution is 6.12. The van der Waals surface area contributed by atoms with Crippen molar-refractivity contribution in [1.29, 1.82) is 0 Å². The third-order valence-corrected chi connectivity index (χ3v) is 3.34. The molecule has 3 amide bonds. The van der Waals surface area contributed by atoms with Crippen LogP contribution in [0.25, 0.3) is 0 Å². The SMILES string of the molecule is [NH3+]C(=O)C1CCC(CN2C(=O)C=CC2=O)C1. The van der Waals surface area contributed by atoms with E-state index in [0.29, 0.717) is 6.54 Å². The molecule has 3 N–H and O–H groups in total. The maximum atomic E-state index is 11.3. The number of rotatable bonds is 3. The summed E-state index contributed by atoms with van der Waals surface area (Å²) in [5, 5.41) is 0. The molecule has 0 spiro atoms. The van der Waals surface area contributed by atoms with Gasteiger partial charge in [0.25, 0.3) is 11.8 Å². The Balaban J connectivity index is 1.90. The van der Waals surface area contributed by atoms with E-state index in [1.807, 2.05) is 0 Å². The van der Waals surface area contributed by atoms with Crippen molar-refractivity contribution in [3.8, 4) is 0 Å². The van der Waals surface area contributed by atoms with Crippen molar-refractivity contribution >= 4 is 17.7 Å². The van der Waals surface area contributed by atoms with Crippen LogP contribution in [0.3, 0.4) is 0 Å². The first-order valence-electron chi connectivity index (χ1n) is 5.47. The Morgan fingerprint density at radius 3 is 2.44 bits per heavy atom. The molecule has 5 heteroatoms. The number of imide groups is 1. The van der Waals surface area contributed by atoms with Crippen molar-refractivity contribution in [2.24, 2.45) is 11.8 Å². The van der Waals surface area contributed by atoms with E-state index < -0.39 is 0 Å². The number of hydrogen-bond acceptors (Lipinski definition) is 3. The van der Waals surface area contributed by atoms with Gasteiger partial charge in [0.2, 0.25) is 0 Å². The Bertz CT molecular complexity index is 357. The van der Waals surface area contributed by atoms with Crippen LogP contribution < -0.4 is 5.73 Å². The van der Waals surface area contributed by atoms with Crippen LogP contribution in [0.15, 0.2) is 12.2 Å². The molecule has 1 aliphatic heterocycles. The number of carbonyl (C=O) groups is 3. The van der Waals surface area contributed by atoms with Gasteiger partial charge < -0.3 is 0 Å². The van der Waals surface area contributed by atoms with Gasteiger partial charge in [-0.1, -0.05) is 0 Å². The summed E-state index contributed by atoms with van der Waals surface area (Å²) in [5.41, 5.74) is 3.42. The molecule has 16 heavy (non-hydrogen) atoms. The minimum atomic E-state index is -0.241. The molecule has 0 aromatic heterocycles. The number of nitrogens with zero attached hydrogens (tertiary/aromatic N) is 1. The molecule has 5 nitrogen and oxygen atoms in total. The summed E-state index contributed by atoms with van der Waals surface area (Å²) in [7, 11) is 0. The standard InChI is InChI=1S/C11H14N2O3/c12-11(16)8-2-1-7(5-8)6-13-9(14)3-4-10(13)15/h3-4,7-8H,1-2,5-6H2,(H2,12,16)/p+1. The lowest BCUT2D eigenvalue weighted by molar-refractivity contribution is -0.311. The zero-order chi connectivity index (χ0) is 11.7. The lowest BCUT2D eigenvalue weighted by atomic mass is 10.0. The first kappa shape index (κ1) is 11.0. The second-order valence-corrected chi connectivity index (χ2v) is 4.46. The topological polar surface area (TPSA) is 82.1 Å². The van der Waals surface area contributed by atoms with E-state index >= 15 is 0 Å². The van der Waals surface area contributed by atoms with Gasteiger partial charge in [-0.2, -0.15) is 0 Å². The zero-order valence-corrected chi connectivity index (χ0v) is 9.02. The molecule has 1 saturated carbocycles. The second-order valence-electron chi connectivity index (χ2n) is 4.46. The molecule has 2 unspecified atom stereocenters. The fourth-order valence-corrected chi connectivity index (χ4v) is 2.40. The van der Waals surface area contributed by atoms with Gasteiger partial charge in [0, 0.05) is 18.7 Å². The monoisotopic (exact) mass is 223 g/mol. The van der Waals surface area contributed by atoms with Crippen molar-refractivity contribution in [3.63, 3.8) is 0 Å². The molecule has 1 heterocycles. The predicted molar refractivity (Wildman–Crippen MR) is 54.6 cm³/mol. The molecule has 2 rings (SSSR count). The number of quaternary nitrogens is 1. The summed E-state index contributed by atoms with van der Waals surface area (Å²) in [6.07, 6.45) is 5.06. The van der Waals surface area contributed by atoms with Crippen LogP contribution in [0.2, 0.25) is 0 Å². The molecular formula is C11H15N2O3+. The van der Waals surface area contributed by atoms with Gasteiger partial charge in [-0.3, -0.25) is 20.2 Å². The normalized spacial score (nSPS) is 29.2. The minimum Gasteiger partial charge on any atom is -0.294 e. The molecule has 0 aromatic rings. The van der Waals surface area contributed by atoms with Crippen molar-refractivity contribution in [1.82, 2.24) is 4.90 Å². The van der Waals surface area contributed by atoms with E-state index in [1.165, 1.54) is 17.1 Å². The maximum Gasteiger partial charge on any atom is 0.311 e. The lowest BCUT2D eigenvalue weighted by Gasteiger charge is -2.18. The van der Waals surface area contributed by atoms with Gasteiger partial charge >= 0.3 is 5.91 Å². The Morgan fingerprint density at radius 1 is 1.31 bits per heavy atom. The average molecular weight is 223 g/mol. The highest BCUT2D eigenvalue weighted by Gasteiger charge is 2.34. The Morgan fingerprint density at radius 2 is 1.94 bits per heavy atom. The van der Waals surface area contributed by atoms with Crippen LogP contribution in [0.4, 0.5) is 0 Å². The Labute approximate surface area is 93.3 Å². The summed E-state index contributed by atoms with van der Waals surface area (Å²) < 4.78 is 0. The van der Waals surface area contributed by atoms with Gasteiger partial charge in [0.15, 0.2) is 0 Å². The summed E-state index contributed by atoms with van der Waals surface area (Å²) in [6.45, 7) is 0.439. The third-order valence-electron chi connectivity index (χ3n) is 3.34. The van der Waals surface area contributed by atoms with E-state index in [4.69, 9.17) is 0 Å². The third kappa shape index (κ3) is 2.04. The molecule has 1 fully saturated rings. The fraction of sp³-hybridized carbons (Fsp3) is 0.545. The minimum absolute atomic E-state index is 0.0192. The molecule has 0 saturated heterocycles. The first-order chi connectivity index (χ1) is 7.58. The highest BCUT2D eigenvalue weighted by Crippen LogP contribution is 2.31. The number of carbonyl (C=O) groups excluding carboxylic acids is 3. The summed E-state index contributed by atoms with van der Waals surface area (Å²) in [4.78, 5) is 35.0. The smallest absolute Gasteiger partial charge is 0.294 e. The van der Waals surface area contributed by atoms with Crippen molar-refractivity contribution in [2.75, 3.05) is 6.54 Å². The number of amides is 3. The molecule has 2 atom stereocenters. The van der Waals surface area contributed by atoms with Crippen LogP contribution in [0.5, 0.6) is 0 Å². The number of hydrogen-bond donors (Lipinski definition) is 1. The quantitative estimate of drug-likeness (QED) is 0.629. The lowest BCUT2D eigenvalue weighted by Crippen LogP contribution is -2.60. The zero-order valence-electron chi connectivity index (χ0n) is 9.02. The van der Waals surface area contributed by atoms with E-state index in [0.717, 1.165) is 19.3 Å². The van der Waals surface area contributed by atoms with E-state index in [-0.39, 0.29) is 29.6 Å². The van der Waals surface area contributed by atoms with Crippen LogP contribution in [-0.2, 0) is 14.4 Å². The van der Waals surface area contributed by atoms with Crippen molar-refractivity contribution < 1.29 is 20.1 Å². The first-order valence-corrected chi connectivity index (χ1v) is 5.47. The summed E-state index contributed by atoms with van der Waals surface area (Å²) in [6, 6.07) is 0. The molecule has 0 radical (unpaired) electrons. The van der Waals surface area contributed by atoms with Gasteiger partial charge in [-0.05, 0) is 25.2 Å². The van der Waals surface area contributed by atoms with Crippen molar-refractivity contribution in [3.05, 3.63) is 12.2 Å². The summed E-state index contributed by atoms with van der Waals surface area (Å²) >= 11 is 0. The van der Waals surface area contributed by atoms with Crippen LogP contribution in [-0.4, -0.2) is 29.2 Å². The molecule has 1 aliphatic carbocycles. The fourth-order valence-electron chi connectivity index (χ4n) is 2.40. The predicted octanol–water partition coefficient (Wildman–Crippen LogP) is -0.904. The van der Waals surface area contributed by atoms with Gasteiger partial charge in [-0.15, -0.1) is 0 Å².